The molecule has 21 heavy (non-hydrogen) atoms. The van der Waals surface area contributed by atoms with E-state index in [0.29, 0.717) is 8.95 Å². The topological polar surface area (TPSA) is 66.4 Å². The first-order valence-electron chi connectivity index (χ1n) is 5.67. The van der Waals surface area contributed by atoms with Crippen LogP contribution < -0.4 is 5.32 Å². The van der Waals surface area contributed by atoms with Crippen LogP contribution in [0.2, 0.25) is 0 Å². The lowest BCUT2D eigenvalue weighted by Gasteiger charge is -2.09. The molecule has 2 aromatic carbocycles. The van der Waals surface area contributed by atoms with Gasteiger partial charge >= 0.3 is 5.97 Å². The number of carboxylic acid groups (broad SMARTS) is 1. The molecule has 1 amide bonds. The number of benzene rings is 2. The van der Waals surface area contributed by atoms with Crippen molar-refractivity contribution in [3.63, 3.8) is 0 Å². The second-order valence-corrected chi connectivity index (χ2v) is 5.94. The molecule has 0 bridgehead atoms. The summed E-state index contributed by atoms with van der Waals surface area (Å²) < 4.78 is 14.3. The number of amides is 1. The van der Waals surface area contributed by atoms with Gasteiger partial charge in [-0.25, -0.2) is 9.18 Å². The summed E-state index contributed by atoms with van der Waals surface area (Å²) in [6, 6.07) is 8.17. The van der Waals surface area contributed by atoms with Gasteiger partial charge in [-0.1, -0.05) is 31.9 Å². The SMILES string of the molecule is O=C(Nc1ccc(Br)cc1C(=O)O)c1cc(F)cc(Br)c1. The van der Waals surface area contributed by atoms with Crippen LogP contribution in [0.25, 0.3) is 0 Å². The van der Waals surface area contributed by atoms with Crippen LogP contribution in [-0.4, -0.2) is 17.0 Å². The average Bonchev–Trinajstić information content (AvgIpc) is 2.39. The average molecular weight is 417 g/mol. The third kappa shape index (κ3) is 3.89. The van der Waals surface area contributed by atoms with E-state index >= 15 is 0 Å². The molecule has 0 fully saturated rings. The van der Waals surface area contributed by atoms with Crippen molar-refractivity contribution in [3.05, 3.63) is 62.3 Å². The fourth-order valence-corrected chi connectivity index (χ4v) is 2.51. The highest BCUT2D eigenvalue weighted by molar-refractivity contribution is 9.10. The molecule has 108 valence electrons. The number of nitrogens with one attached hydrogen (secondary N) is 1. The van der Waals surface area contributed by atoms with Gasteiger partial charge in [-0.05, 0) is 36.4 Å². The Morgan fingerprint density at radius 3 is 2.38 bits per heavy atom. The number of rotatable bonds is 3. The van der Waals surface area contributed by atoms with E-state index in [9.17, 15) is 14.0 Å². The fourth-order valence-electron chi connectivity index (χ4n) is 1.68. The summed E-state index contributed by atoms with van der Waals surface area (Å²) in [6.45, 7) is 0. The second kappa shape index (κ2) is 6.36. The van der Waals surface area contributed by atoms with Crippen LogP contribution in [0.3, 0.4) is 0 Å². The van der Waals surface area contributed by atoms with Crippen molar-refractivity contribution in [1.82, 2.24) is 0 Å². The molecule has 0 aromatic heterocycles. The summed E-state index contributed by atoms with van der Waals surface area (Å²) in [6.07, 6.45) is 0. The monoisotopic (exact) mass is 415 g/mol. The van der Waals surface area contributed by atoms with Crippen molar-refractivity contribution >= 4 is 49.4 Å². The molecule has 2 aromatic rings. The zero-order valence-corrected chi connectivity index (χ0v) is 13.5. The largest absolute Gasteiger partial charge is 0.478 e. The molecular formula is C14H8Br2FNO3. The zero-order chi connectivity index (χ0) is 15.6. The molecule has 0 radical (unpaired) electrons. The van der Waals surface area contributed by atoms with Crippen LogP contribution >= 0.6 is 31.9 Å². The Balaban J connectivity index is 2.33. The molecule has 0 saturated carbocycles. The molecule has 0 aliphatic heterocycles. The molecule has 0 heterocycles. The van der Waals surface area contributed by atoms with Gasteiger partial charge in [0, 0.05) is 14.5 Å². The predicted octanol–water partition coefficient (Wildman–Crippen LogP) is 4.30. The Morgan fingerprint density at radius 1 is 1.05 bits per heavy atom. The lowest BCUT2D eigenvalue weighted by Crippen LogP contribution is -2.15. The Kier molecular flexibility index (Phi) is 4.74. The first-order chi connectivity index (χ1) is 9.86. The smallest absolute Gasteiger partial charge is 0.337 e. The molecule has 0 unspecified atom stereocenters. The Labute approximate surface area is 136 Å². The van der Waals surface area contributed by atoms with E-state index in [4.69, 9.17) is 5.11 Å². The maximum atomic E-state index is 13.3. The number of carboxylic acids is 1. The molecule has 4 nitrogen and oxygen atoms in total. The van der Waals surface area contributed by atoms with Crippen molar-refractivity contribution in [1.29, 1.82) is 0 Å². The quantitative estimate of drug-likeness (QED) is 0.783. The third-order valence-corrected chi connectivity index (χ3v) is 3.54. The van der Waals surface area contributed by atoms with Crippen LogP contribution in [-0.2, 0) is 0 Å². The highest BCUT2D eigenvalue weighted by atomic mass is 79.9. The van der Waals surface area contributed by atoms with Gasteiger partial charge in [0.15, 0.2) is 0 Å². The summed E-state index contributed by atoms with van der Waals surface area (Å²) in [7, 11) is 0. The molecule has 7 heteroatoms. The van der Waals surface area contributed by atoms with Gasteiger partial charge in [-0.3, -0.25) is 4.79 Å². The minimum absolute atomic E-state index is 0.0619. The summed E-state index contributed by atoms with van der Waals surface area (Å²) in [5.74, 6) is -2.34. The van der Waals surface area contributed by atoms with Gasteiger partial charge in [0.2, 0.25) is 0 Å². The van der Waals surface area contributed by atoms with Crippen molar-refractivity contribution in [2.45, 2.75) is 0 Å². The maximum Gasteiger partial charge on any atom is 0.337 e. The van der Waals surface area contributed by atoms with Gasteiger partial charge in [-0.15, -0.1) is 0 Å². The van der Waals surface area contributed by atoms with Crippen LogP contribution in [0.5, 0.6) is 0 Å². The summed E-state index contributed by atoms with van der Waals surface area (Å²) in [5.41, 5.74) is 0.158. The highest BCUT2D eigenvalue weighted by Crippen LogP contribution is 2.22. The lowest BCUT2D eigenvalue weighted by molar-refractivity contribution is 0.0698. The molecular weight excluding hydrogens is 409 g/mol. The first-order valence-corrected chi connectivity index (χ1v) is 7.25. The van der Waals surface area contributed by atoms with E-state index in [0.717, 1.165) is 6.07 Å². The highest BCUT2D eigenvalue weighted by Gasteiger charge is 2.15. The zero-order valence-electron chi connectivity index (χ0n) is 10.4. The standard InChI is InChI=1S/C14H8Br2FNO3/c15-8-1-2-12(11(6-8)14(20)21)18-13(19)7-3-9(16)5-10(17)4-7/h1-6H,(H,18,19)(H,20,21). The van der Waals surface area contributed by atoms with Gasteiger partial charge in [0.05, 0.1) is 11.3 Å². The lowest BCUT2D eigenvalue weighted by atomic mass is 10.1. The van der Waals surface area contributed by atoms with Gasteiger partial charge in [0.25, 0.3) is 5.91 Å². The van der Waals surface area contributed by atoms with Crippen LogP contribution in [0.1, 0.15) is 20.7 Å². The number of halogens is 3. The van der Waals surface area contributed by atoms with Crippen LogP contribution in [0, 0.1) is 5.82 Å². The van der Waals surface area contributed by atoms with Gasteiger partial charge < -0.3 is 10.4 Å². The van der Waals surface area contributed by atoms with E-state index in [1.807, 2.05) is 0 Å². The molecule has 0 spiro atoms. The van der Waals surface area contributed by atoms with E-state index < -0.39 is 17.7 Å². The van der Waals surface area contributed by atoms with E-state index in [1.54, 1.807) is 6.07 Å². The first kappa shape index (κ1) is 15.7. The number of hydrogen-bond donors (Lipinski definition) is 2. The van der Waals surface area contributed by atoms with Crippen molar-refractivity contribution in [2.24, 2.45) is 0 Å². The number of carbonyl (C=O) groups excluding carboxylic acids is 1. The van der Waals surface area contributed by atoms with Crippen LogP contribution in [0.4, 0.5) is 10.1 Å². The van der Waals surface area contributed by atoms with Crippen LogP contribution in [0.15, 0.2) is 45.3 Å². The predicted molar refractivity (Wildman–Crippen MR) is 83.2 cm³/mol. The van der Waals surface area contributed by atoms with Gasteiger partial charge in [0.1, 0.15) is 5.82 Å². The minimum Gasteiger partial charge on any atom is -0.478 e. The summed E-state index contributed by atoms with van der Waals surface area (Å²) >= 11 is 6.26. The molecule has 0 aliphatic carbocycles. The van der Waals surface area contributed by atoms with Crippen molar-refractivity contribution < 1.29 is 19.1 Å². The fraction of sp³-hybridized carbons (Fsp3) is 0. The molecule has 2 rings (SSSR count). The van der Waals surface area contributed by atoms with Gasteiger partial charge in [-0.2, -0.15) is 0 Å². The van der Waals surface area contributed by atoms with E-state index in [-0.39, 0.29) is 16.8 Å². The number of anilines is 1. The minimum atomic E-state index is -1.17. The molecule has 0 aliphatic rings. The van der Waals surface area contributed by atoms with E-state index in [2.05, 4.69) is 37.2 Å². The second-order valence-electron chi connectivity index (χ2n) is 4.11. The van der Waals surface area contributed by atoms with Crippen molar-refractivity contribution in [3.8, 4) is 0 Å². The molecule has 0 saturated heterocycles. The summed E-state index contributed by atoms with van der Waals surface area (Å²) in [4.78, 5) is 23.2. The number of carbonyl (C=O) groups is 2. The van der Waals surface area contributed by atoms with Crippen molar-refractivity contribution in [2.75, 3.05) is 5.32 Å². The summed E-state index contributed by atoms with van der Waals surface area (Å²) in [5, 5.41) is 11.6. The Hall–Kier alpha value is -1.73. The maximum absolute atomic E-state index is 13.3. The third-order valence-electron chi connectivity index (χ3n) is 2.58. The van der Waals surface area contributed by atoms with E-state index in [1.165, 1.54) is 24.3 Å². The molecule has 0 atom stereocenters. The normalized spacial score (nSPS) is 10.2. The number of hydrogen-bond acceptors (Lipinski definition) is 2. The Morgan fingerprint density at radius 2 is 1.76 bits per heavy atom. The molecule has 2 N–H and O–H groups in total. The Bertz CT molecular complexity index is 714. The number of aromatic carboxylic acids is 1.